The van der Waals surface area contributed by atoms with Gasteiger partial charge in [0.1, 0.15) is 0 Å². The Morgan fingerprint density at radius 3 is 2.58 bits per heavy atom. The van der Waals surface area contributed by atoms with E-state index in [1.807, 2.05) is 0 Å². The lowest BCUT2D eigenvalue weighted by Gasteiger charge is -2.11. The highest BCUT2D eigenvalue weighted by molar-refractivity contribution is 9.10. The van der Waals surface area contributed by atoms with Crippen molar-refractivity contribution in [3.8, 4) is 0 Å². The number of carbonyl (C=O) groups is 1. The van der Waals surface area contributed by atoms with Crippen molar-refractivity contribution in [2.75, 3.05) is 10.5 Å². The molecule has 4 N–H and O–H groups in total. The van der Waals surface area contributed by atoms with Crippen LogP contribution in [0.5, 0.6) is 0 Å². The summed E-state index contributed by atoms with van der Waals surface area (Å²) in [6, 6.07) is 9.40. The number of rotatable bonds is 5. The molecule has 2 aromatic rings. The Bertz CT molecular complexity index is 929. The normalized spacial score (nSPS) is 11.6. The number of nitrogens with two attached hydrogens (primary N) is 1. The minimum atomic E-state index is -3.91. The standard InChI is InChI=1S/C15H12BrClN2O4S/c16-10-7-11(15(20)21)14(18)13(8-10)19-24(22,23)6-5-9-3-1-2-4-12(9)17/h1-8,19H,18H2,(H,20,21). The van der Waals surface area contributed by atoms with Crippen LogP contribution in [0.25, 0.3) is 6.08 Å². The summed E-state index contributed by atoms with van der Waals surface area (Å²) in [6.45, 7) is 0. The summed E-state index contributed by atoms with van der Waals surface area (Å²) in [7, 11) is -3.91. The predicted octanol–water partition coefficient (Wildman–Crippen LogP) is 3.80. The van der Waals surface area contributed by atoms with E-state index in [0.29, 0.717) is 15.1 Å². The zero-order valence-electron chi connectivity index (χ0n) is 12.0. The molecule has 0 unspecified atom stereocenters. The molecule has 0 saturated carbocycles. The van der Waals surface area contributed by atoms with E-state index in [9.17, 15) is 13.2 Å². The van der Waals surface area contributed by atoms with Crippen LogP contribution in [0.2, 0.25) is 5.02 Å². The number of sulfonamides is 1. The van der Waals surface area contributed by atoms with Crippen molar-refractivity contribution >= 4 is 61.0 Å². The fourth-order valence-corrected chi connectivity index (χ4v) is 3.37. The Hall–Kier alpha value is -2.03. The molecule has 2 aromatic carbocycles. The summed E-state index contributed by atoms with van der Waals surface area (Å²) in [4.78, 5) is 11.1. The monoisotopic (exact) mass is 430 g/mol. The van der Waals surface area contributed by atoms with Gasteiger partial charge in [0.15, 0.2) is 0 Å². The van der Waals surface area contributed by atoms with Crippen molar-refractivity contribution in [1.29, 1.82) is 0 Å². The highest BCUT2D eigenvalue weighted by atomic mass is 79.9. The molecule has 0 aliphatic heterocycles. The molecule has 126 valence electrons. The SMILES string of the molecule is Nc1c(NS(=O)(=O)C=Cc2ccccc2Cl)cc(Br)cc1C(=O)O. The Morgan fingerprint density at radius 2 is 1.96 bits per heavy atom. The van der Waals surface area contributed by atoms with Gasteiger partial charge in [0, 0.05) is 9.50 Å². The van der Waals surface area contributed by atoms with Gasteiger partial charge >= 0.3 is 5.97 Å². The van der Waals surface area contributed by atoms with Crippen molar-refractivity contribution in [2.24, 2.45) is 0 Å². The molecule has 0 aliphatic rings. The molecule has 0 heterocycles. The van der Waals surface area contributed by atoms with E-state index in [4.69, 9.17) is 22.4 Å². The second kappa shape index (κ2) is 7.25. The Balaban J connectivity index is 2.33. The molecule has 2 rings (SSSR count). The highest BCUT2D eigenvalue weighted by Gasteiger charge is 2.16. The van der Waals surface area contributed by atoms with Crippen LogP contribution in [-0.2, 0) is 10.0 Å². The number of aromatic carboxylic acids is 1. The molecule has 0 atom stereocenters. The van der Waals surface area contributed by atoms with Gasteiger partial charge in [-0.2, -0.15) is 0 Å². The number of hydrogen-bond donors (Lipinski definition) is 3. The molecule has 6 nitrogen and oxygen atoms in total. The van der Waals surface area contributed by atoms with Crippen LogP contribution in [0, 0.1) is 0 Å². The van der Waals surface area contributed by atoms with Gasteiger partial charge in [0.2, 0.25) is 0 Å². The number of carboxylic acid groups (broad SMARTS) is 1. The largest absolute Gasteiger partial charge is 0.478 e. The summed E-state index contributed by atoms with van der Waals surface area (Å²) in [5.74, 6) is -1.26. The molecular formula is C15H12BrClN2O4S. The van der Waals surface area contributed by atoms with Crippen molar-refractivity contribution < 1.29 is 18.3 Å². The van der Waals surface area contributed by atoms with E-state index in [1.54, 1.807) is 24.3 Å². The van der Waals surface area contributed by atoms with Gasteiger partial charge in [-0.25, -0.2) is 13.2 Å². The molecule has 0 radical (unpaired) electrons. The Labute approximate surface area is 152 Å². The van der Waals surface area contributed by atoms with Gasteiger partial charge in [0.25, 0.3) is 10.0 Å². The number of nitrogens with one attached hydrogen (secondary N) is 1. The first-order chi connectivity index (χ1) is 11.2. The molecule has 0 bridgehead atoms. The minimum Gasteiger partial charge on any atom is -0.478 e. The van der Waals surface area contributed by atoms with Crippen LogP contribution in [0.15, 0.2) is 46.3 Å². The zero-order valence-corrected chi connectivity index (χ0v) is 15.2. The fourth-order valence-electron chi connectivity index (χ4n) is 1.84. The van der Waals surface area contributed by atoms with Gasteiger partial charge < -0.3 is 10.8 Å². The number of halogens is 2. The Morgan fingerprint density at radius 1 is 1.29 bits per heavy atom. The van der Waals surface area contributed by atoms with Crippen LogP contribution >= 0.6 is 27.5 Å². The second-order valence-electron chi connectivity index (χ2n) is 4.69. The van der Waals surface area contributed by atoms with Gasteiger partial charge in [-0.15, -0.1) is 0 Å². The molecule has 0 spiro atoms. The average molecular weight is 432 g/mol. The van der Waals surface area contributed by atoms with Gasteiger partial charge in [-0.3, -0.25) is 4.72 Å². The maximum atomic E-state index is 12.2. The molecule has 0 saturated heterocycles. The average Bonchev–Trinajstić information content (AvgIpc) is 2.49. The van der Waals surface area contributed by atoms with E-state index in [-0.39, 0.29) is 16.9 Å². The third-order valence-corrected chi connectivity index (χ3v) is 4.76. The smallest absolute Gasteiger partial charge is 0.337 e. The van der Waals surface area contributed by atoms with E-state index in [0.717, 1.165) is 5.41 Å². The summed E-state index contributed by atoms with van der Waals surface area (Å²) in [5, 5.41) is 10.4. The van der Waals surface area contributed by atoms with E-state index < -0.39 is 16.0 Å². The lowest BCUT2D eigenvalue weighted by Crippen LogP contribution is -2.13. The summed E-state index contributed by atoms with van der Waals surface area (Å²) < 4.78 is 27.0. The quantitative estimate of drug-likeness (QED) is 0.624. The number of hydrogen-bond acceptors (Lipinski definition) is 4. The van der Waals surface area contributed by atoms with E-state index in [1.165, 1.54) is 18.2 Å². The molecule has 0 aromatic heterocycles. The maximum absolute atomic E-state index is 12.2. The number of carboxylic acids is 1. The third kappa shape index (κ3) is 4.50. The molecule has 24 heavy (non-hydrogen) atoms. The lowest BCUT2D eigenvalue weighted by atomic mass is 10.1. The van der Waals surface area contributed by atoms with Crippen LogP contribution in [0.3, 0.4) is 0 Å². The summed E-state index contributed by atoms with van der Waals surface area (Å²) in [5.41, 5.74) is 5.82. The lowest BCUT2D eigenvalue weighted by molar-refractivity contribution is 0.0698. The van der Waals surface area contributed by atoms with Gasteiger partial charge in [0.05, 0.1) is 22.3 Å². The number of anilines is 2. The first-order valence-corrected chi connectivity index (χ1v) is 9.19. The first-order valence-electron chi connectivity index (χ1n) is 6.47. The molecule has 0 fully saturated rings. The van der Waals surface area contributed by atoms with E-state index >= 15 is 0 Å². The fraction of sp³-hybridized carbons (Fsp3) is 0. The first kappa shape index (κ1) is 18.3. The van der Waals surface area contributed by atoms with Crippen molar-refractivity contribution in [1.82, 2.24) is 0 Å². The molecule has 0 amide bonds. The van der Waals surface area contributed by atoms with Crippen LogP contribution in [0.4, 0.5) is 11.4 Å². The molecule has 0 aliphatic carbocycles. The third-order valence-electron chi connectivity index (χ3n) is 2.96. The predicted molar refractivity (Wildman–Crippen MR) is 98.5 cm³/mol. The van der Waals surface area contributed by atoms with Gasteiger partial charge in [-0.1, -0.05) is 45.7 Å². The molecule has 9 heteroatoms. The summed E-state index contributed by atoms with van der Waals surface area (Å²) in [6.07, 6.45) is 1.33. The van der Waals surface area contributed by atoms with Crippen LogP contribution < -0.4 is 10.5 Å². The summed E-state index contributed by atoms with van der Waals surface area (Å²) >= 11 is 9.08. The van der Waals surface area contributed by atoms with Crippen molar-refractivity contribution in [2.45, 2.75) is 0 Å². The second-order valence-corrected chi connectivity index (χ2v) is 7.58. The van der Waals surface area contributed by atoms with Crippen molar-refractivity contribution in [3.63, 3.8) is 0 Å². The topological polar surface area (TPSA) is 109 Å². The van der Waals surface area contributed by atoms with Gasteiger partial charge in [-0.05, 0) is 29.8 Å². The molecular weight excluding hydrogens is 420 g/mol. The van der Waals surface area contributed by atoms with Crippen molar-refractivity contribution in [3.05, 3.63) is 62.4 Å². The minimum absolute atomic E-state index is 0.0365. The Kier molecular flexibility index (Phi) is 5.53. The van der Waals surface area contributed by atoms with E-state index in [2.05, 4.69) is 20.7 Å². The number of nitrogen functional groups attached to an aromatic ring is 1. The number of benzene rings is 2. The van der Waals surface area contributed by atoms with Crippen LogP contribution in [0.1, 0.15) is 15.9 Å². The zero-order chi connectivity index (χ0) is 17.9. The highest BCUT2D eigenvalue weighted by Crippen LogP contribution is 2.29. The maximum Gasteiger partial charge on any atom is 0.337 e. The van der Waals surface area contributed by atoms with Crippen LogP contribution in [-0.4, -0.2) is 19.5 Å².